The van der Waals surface area contributed by atoms with Crippen molar-refractivity contribution >= 4 is 31.9 Å². The molecule has 0 spiro atoms. The molecule has 2 atom stereocenters. The first-order chi connectivity index (χ1) is 4.72. The van der Waals surface area contributed by atoms with E-state index in [0.717, 1.165) is 0 Å². The van der Waals surface area contributed by atoms with Gasteiger partial charge in [0.05, 0.1) is 12.2 Å². The molecular formula is C6H10Br2O2. The number of hydrogen-bond donors (Lipinski definition) is 2. The van der Waals surface area contributed by atoms with Crippen molar-refractivity contribution in [3.05, 3.63) is 12.2 Å². The van der Waals surface area contributed by atoms with Crippen LogP contribution in [-0.2, 0) is 0 Å². The van der Waals surface area contributed by atoms with Crippen molar-refractivity contribution in [2.24, 2.45) is 0 Å². The summed E-state index contributed by atoms with van der Waals surface area (Å²) in [4.78, 5) is 0. The molecule has 10 heavy (non-hydrogen) atoms. The summed E-state index contributed by atoms with van der Waals surface area (Å²) in [7, 11) is 0. The fourth-order valence-corrected chi connectivity index (χ4v) is 1.01. The maximum absolute atomic E-state index is 9.06. The molecule has 0 amide bonds. The highest BCUT2D eigenvalue weighted by molar-refractivity contribution is 9.09. The lowest BCUT2D eigenvalue weighted by molar-refractivity contribution is 0.0658. The summed E-state index contributed by atoms with van der Waals surface area (Å²) in [6, 6.07) is 0. The number of halogens is 2. The van der Waals surface area contributed by atoms with Crippen molar-refractivity contribution in [1.29, 1.82) is 0 Å². The van der Waals surface area contributed by atoms with E-state index in [1.165, 1.54) is 0 Å². The molecule has 0 radical (unpaired) electrons. The summed E-state index contributed by atoms with van der Waals surface area (Å²) in [5.41, 5.74) is 0. The van der Waals surface area contributed by atoms with E-state index in [0.29, 0.717) is 10.7 Å². The zero-order valence-electron chi connectivity index (χ0n) is 5.37. The van der Waals surface area contributed by atoms with Gasteiger partial charge in [-0.2, -0.15) is 0 Å². The van der Waals surface area contributed by atoms with Gasteiger partial charge >= 0.3 is 0 Å². The van der Waals surface area contributed by atoms with Crippen LogP contribution in [-0.4, -0.2) is 33.1 Å². The Labute approximate surface area is 77.2 Å². The lowest BCUT2D eigenvalue weighted by Crippen LogP contribution is -2.24. The molecule has 0 aliphatic rings. The minimum atomic E-state index is -0.767. The zero-order valence-corrected chi connectivity index (χ0v) is 8.55. The van der Waals surface area contributed by atoms with E-state index in [1.54, 1.807) is 12.2 Å². The lowest BCUT2D eigenvalue weighted by Gasteiger charge is -2.09. The Morgan fingerprint density at radius 2 is 1.90 bits per heavy atom. The van der Waals surface area contributed by atoms with Crippen LogP contribution in [0.3, 0.4) is 0 Å². The number of aliphatic hydroxyl groups excluding tert-OH is 2. The van der Waals surface area contributed by atoms with Crippen molar-refractivity contribution in [2.45, 2.75) is 12.2 Å². The highest BCUT2D eigenvalue weighted by Gasteiger charge is 2.09. The third-order valence-electron chi connectivity index (χ3n) is 0.975. The second-order valence-electron chi connectivity index (χ2n) is 1.79. The largest absolute Gasteiger partial charge is 0.389 e. The SMILES string of the molecule is O[C@@H](/C=C/CBr)[C@@H](O)CBr. The normalized spacial score (nSPS) is 17.6. The maximum atomic E-state index is 9.06. The van der Waals surface area contributed by atoms with Crippen LogP contribution in [0.4, 0.5) is 0 Å². The molecular weight excluding hydrogens is 264 g/mol. The van der Waals surface area contributed by atoms with Crippen LogP contribution in [0.1, 0.15) is 0 Å². The highest BCUT2D eigenvalue weighted by Crippen LogP contribution is 1.99. The quantitative estimate of drug-likeness (QED) is 0.594. The second kappa shape index (κ2) is 6.34. The molecule has 0 aliphatic heterocycles. The third kappa shape index (κ3) is 4.44. The van der Waals surface area contributed by atoms with Gasteiger partial charge in [-0.25, -0.2) is 0 Å². The van der Waals surface area contributed by atoms with E-state index in [4.69, 9.17) is 10.2 Å². The number of allylic oxidation sites excluding steroid dienone is 1. The second-order valence-corrected chi connectivity index (χ2v) is 3.09. The first kappa shape index (κ1) is 10.6. The molecule has 0 unspecified atom stereocenters. The van der Waals surface area contributed by atoms with Crippen molar-refractivity contribution < 1.29 is 10.2 Å². The Balaban J connectivity index is 3.60. The monoisotopic (exact) mass is 272 g/mol. The summed E-state index contributed by atoms with van der Waals surface area (Å²) >= 11 is 6.21. The molecule has 0 saturated heterocycles. The topological polar surface area (TPSA) is 40.5 Å². The molecule has 0 aromatic heterocycles. The molecule has 60 valence electrons. The van der Waals surface area contributed by atoms with Gasteiger partial charge in [0.15, 0.2) is 0 Å². The zero-order chi connectivity index (χ0) is 7.98. The fourth-order valence-electron chi connectivity index (χ4n) is 0.410. The molecule has 2 nitrogen and oxygen atoms in total. The first-order valence-corrected chi connectivity index (χ1v) is 5.11. The van der Waals surface area contributed by atoms with Crippen LogP contribution >= 0.6 is 31.9 Å². The van der Waals surface area contributed by atoms with Crippen molar-refractivity contribution in [3.63, 3.8) is 0 Å². The summed E-state index contributed by atoms with van der Waals surface area (Å²) in [6.45, 7) is 0. The smallest absolute Gasteiger partial charge is 0.0988 e. The summed E-state index contributed by atoms with van der Waals surface area (Å²) in [6.07, 6.45) is 1.82. The van der Waals surface area contributed by atoms with E-state index < -0.39 is 12.2 Å². The predicted octanol–water partition coefficient (Wildman–Crippen LogP) is 1.05. The Hall–Kier alpha value is 0.620. The average molecular weight is 274 g/mol. The molecule has 2 N–H and O–H groups in total. The Morgan fingerprint density at radius 1 is 1.30 bits per heavy atom. The number of rotatable bonds is 4. The molecule has 0 aromatic carbocycles. The van der Waals surface area contributed by atoms with Gasteiger partial charge in [0.1, 0.15) is 0 Å². The van der Waals surface area contributed by atoms with E-state index in [9.17, 15) is 0 Å². The van der Waals surface area contributed by atoms with Crippen LogP contribution in [0.2, 0.25) is 0 Å². The summed E-state index contributed by atoms with van der Waals surface area (Å²) in [5.74, 6) is 0. The Kier molecular flexibility index (Phi) is 6.73. The van der Waals surface area contributed by atoms with Crippen LogP contribution < -0.4 is 0 Å². The van der Waals surface area contributed by atoms with Crippen LogP contribution in [0, 0.1) is 0 Å². The van der Waals surface area contributed by atoms with E-state index in [-0.39, 0.29) is 0 Å². The van der Waals surface area contributed by atoms with Gasteiger partial charge < -0.3 is 10.2 Å². The van der Waals surface area contributed by atoms with Gasteiger partial charge in [0.25, 0.3) is 0 Å². The van der Waals surface area contributed by atoms with Gasteiger partial charge in [0.2, 0.25) is 0 Å². The molecule has 0 rings (SSSR count). The van der Waals surface area contributed by atoms with Crippen molar-refractivity contribution in [1.82, 2.24) is 0 Å². The minimum Gasteiger partial charge on any atom is -0.389 e. The predicted molar refractivity (Wildman–Crippen MR) is 48.7 cm³/mol. The fraction of sp³-hybridized carbons (Fsp3) is 0.667. The molecule has 0 aliphatic carbocycles. The number of alkyl halides is 2. The van der Waals surface area contributed by atoms with Crippen LogP contribution in [0.25, 0.3) is 0 Å². The Morgan fingerprint density at radius 3 is 2.30 bits per heavy atom. The molecule has 4 heteroatoms. The number of aliphatic hydroxyl groups is 2. The summed E-state index contributed by atoms with van der Waals surface area (Å²) in [5, 5.41) is 19.1. The molecule has 0 fully saturated rings. The maximum Gasteiger partial charge on any atom is 0.0988 e. The Bertz CT molecular complexity index is 106. The molecule has 0 heterocycles. The average Bonchev–Trinajstić information content (AvgIpc) is 1.98. The van der Waals surface area contributed by atoms with Gasteiger partial charge in [0, 0.05) is 10.7 Å². The highest BCUT2D eigenvalue weighted by atomic mass is 79.9. The van der Waals surface area contributed by atoms with Gasteiger partial charge in [-0.15, -0.1) is 0 Å². The molecule has 0 aromatic rings. The standard InChI is InChI=1S/C6H10Br2O2/c7-3-1-2-5(9)6(10)4-8/h1-2,5-6,9-10H,3-4H2/b2-1+/t5-,6-/m0/s1. The van der Waals surface area contributed by atoms with E-state index in [1.807, 2.05) is 0 Å². The molecule has 0 saturated carbocycles. The lowest BCUT2D eigenvalue weighted by atomic mass is 10.2. The van der Waals surface area contributed by atoms with Crippen molar-refractivity contribution in [3.8, 4) is 0 Å². The minimum absolute atomic E-state index is 0.390. The number of hydrogen-bond acceptors (Lipinski definition) is 2. The third-order valence-corrected chi connectivity index (χ3v) is 2.01. The van der Waals surface area contributed by atoms with Crippen LogP contribution in [0.15, 0.2) is 12.2 Å². The van der Waals surface area contributed by atoms with Crippen molar-refractivity contribution in [2.75, 3.05) is 10.7 Å². The van der Waals surface area contributed by atoms with E-state index in [2.05, 4.69) is 31.9 Å². The van der Waals surface area contributed by atoms with Crippen LogP contribution in [0.5, 0.6) is 0 Å². The van der Waals surface area contributed by atoms with Gasteiger partial charge in [-0.3, -0.25) is 0 Å². The van der Waals surface area contributed by atoms with Gasteiger partial charge in [-0.05, 0) is 0 Å². The van der Waals surface area contributed by atoms with E-state index >= 15 is 0 Å². The van der Waals surface area contributed by atoms with Gasteiger partial charge in [-0.1, -0.05) is 44.0 Å². The first-order valence-electron chi connectivity index (χ1n) is 2.87. The summed E-state index contributed by atoms with van der Waals surface area (Å²) < 4.78 is 0. The molecule has 0 bridgehead atoms.